The van der Waals surface area contributed by atoms with Gasteiger partial charge in [-0.05, 0) is 41.0 Å². The molecular formula is C27H25FN2O2S. The number of rotatable bonds is 2. The zero-order chi connectivity index (χ0) is 22.7. The third-order valence-electron chi connectivity index (χ3n) is 7.78. The molecule has 3 aromatic carbocycles. The minimum absolute atomic E-state index is 0.0153. The number of nitrogens with one attached hydrogen (secondary N) is 1. The normalized spacial score (nSPS) is 30.2. The maximum absolute atomic E-state index is 14.2. The Hall–Kier alpha value is -2.70. The summed E-state index contributed by atoms with van der Waals surface area (Å²) in [6, 6.07) is 18.8. The van der Waals surface area contributed by atoms with Crippen molar-refractivity contribution in [1.29, 1.82) is 0 Å². The van der Waals surface area contributed by atoms with Crippen molar-refractivity contribution in [2.45, 2.75) is 43.7 Å². The van der Waals surface area contributed by atoms with Gasteiger partial charge in [0.05, 0.1) is 17.6 Å². The molecule has 0 radical (unpaired) electrons. The van der Waals surface area contributed by atoms with Crippen LogP contribution in [0, 0.1) is 11.2 Å². The second-order valence-corrected chi connectivity index (χ2v) is 10.6. The number of nitrogens with zero attached hydrogens (tertiary/aromatic N) is 1. The van der Waals surface area contributed by atoms with Crippen LogP contribution in [0.15, 0.2) is 65.7 Å². The summed E-state index contributed by atoms with van der Waals surface area (Å²) in [7, 11) is 0. The molecule has 1 amide bonds. The van der Waals surface area contributed by atoms with Gasteiger partial charge in [0.15, 0.2) is 5.17 Å². The van der Waals surface area contributed by atoms with Crippen LogP contribution in [-0.2, 0) is 4.79 Å². The highest BCUT2D eigenvalue weighted by atomic mass is 32.2. The predicted molar refractivity (Wildman–Crippen MR) is 130 cm³/mol. The van der Waals surface area contributed by atoms with Crippen LogP contribution in [0.5, 0.6) is 0 Å². The van der Waals surface area contributed by atoms with E-state index < -0.39 is 11.5 Å². The van der Waals surface area contributed by atoms with E-state index in [1.807, 2.05) is 37.3 Å². The van der Waals surface area contributed by atoms with Gasteiger partial charge in [0.2, 0.25) is 5.91 Å². The van der Waals surface area contributed by atoms with E-state index in [1.54, 1.807) is 12.1 Å². The van der Waals surface area contributed by atoms with Gasteiger partial charge in [0.1, 0.15) is 5.82 Å². The quantitative estimate of drug-likeness (QED) is 0.547. The molecule has 3 aromatic rings. The zero-order valence-electron chi connectivity index (χ0n) is 18.3. The minimum atomic E-state index is -0.595. The van der Waals surface area contributed by atoms with Crippen LogP contribution in [0.3, 0.4) is 0 Å². The molecule has 168 valence electrons. The van der Waals surface area contributed by atoms with Crippen LogP contribution >= 0.6 is 11.8 Å². The van der Waals surface area contributed by atoms with Crippen LogP contribution in [0.1, 0.15) is 54.3 Å². The summed E-state index contributed by atoms with van der Waals surface area (Å²) in [6.07, 6.45) is 0.834. The monoisotopic (exact) mass is 460 g/mol. The number of aliphatic hydroxyl groups is 1. The first-order chi connectivity index (χ1) is 16.0. The topological polar surface area (TPSA) is 61.7 Å². The summed E-state index contributed by atoms with van der Waals surface area (Å²) in [5.74, 6) is 0.404. The molecule has 1 heterocycles. The zero-order valence-corrected chi connectivity index (χ0v) is 19.1. The molecule has 4 nitrogen and oxygen atoms in total. The lowest BCUT2D eigenvalue weighted by Gasteiger charge is -2.51. The Kier molecular flexibility index (Phi) is 4.85. The number of fused-ring (bicyclic) bond motifs is 3. The fourth-order valence-corrected chi connectivity index (χ4v) is 6.96. The molecule has 0 saturated heterocycles. The average molecular weight is 461 g/mol. The Labute approximate surface area is 196 Å². The maximum atomic E-state index is 14.2. The van der Waals surface area contributed by atoms with Crippen LogP contribution in [0.25, 0.3) is 10.8 Å². The van der Waals surface area contributed by atoms with Crippen molar-refractivity contribution in [1.82, 2.24) is 5.32 Å². The van der Waals surface area contributed by atoms with Gasteiger partial charge in [-0.15, -0.1) is 0 Å². The number of carbonyl (C=O) groups excluding carboxylic acids is 1. The Morgan fingerprint density at radius 1 is 1.06 bits per heavy atom. The average Bonchev–Trinajstić information content (AvgIpc) is 3.29. The third-order valence-corrected chi connectivity index (χ3v) is 8.74. The smallest absolute Gasteiger partial charge is 0.232 e. The van der Waals surface area contributed by atoms with Gasteiger partial charge >= 0.3 is 0 Å². The summed E-state index contributed by atoms with van der Waals surface area (Å²) < 4.78 is 14.2. The van der Waals surface area contributed by atoms with Crippen LogP contribution in [-0.4, -0.2) is 28.0 Å². The van der Waals surface area contributed by atoms with Crippen LogP contribution < -0.4 is 5.32 Å². The SMILES string of the molecule is CC1(C(=O)NC2=NC(c3ccc(F)c4ccccc34)CS2)CC2c3ccccc3C1CC2O. The van der Waals surface area contributed by atoms with Gasteiger partial charge in [0, 0.05) is 23.0 Å². The number of hydrogen-bond acceptors (Lipinski definition) is 4. The molecule has 2 N–H and O–H groups in total. The summed E-state index contributed by atoms with van der Waals surface area (Å²) in [5, 5.41) is 15.8. The minimum Gasteiger partial charge on any atom is -0.392 e. The molecule has 5 atom stereocenters. The Morgan fingerprint density at radius 2 is 1.79 bits per heavy atom. The number of aliphatic hydroxyl groups excluding tert-OH is 1. The summed E-state index contributed by atoms with van der Waals surface area (Å²) in [5.41, 5.74) is 2.75. The fourth-order valence-electron chi connectivity index (χ4n) is 6.02. The number of amides is 1. The Balaban J connectivity index is 1.27. The third kappa shape index (κ3) is 3.22. The lowest BCUT2D eigenvalue weighted by molar-refractivity contribution is -0.134. The first-order valence-corrected chi connectivity index (χ1v) is 12.4. The number of aliphatic imine (C=N–C) groups is 1. The predicted octanol–water partition coefficient (Wildman–Crippen LogP) is 5.28. The molecule has 33 heavy (non-hydrogen) atoms. The molecule has 6 heteroatoms. The van der Waals surface area contributed by atoms with E-state index in [0.29, 0.717) is 29.1 Å². The number of halogens is 1. The fraction of sp³-hybridized carbons (Fsp3) is 0.333. The lowest BCUT2D eigenvalue weighted by atomic mass is 9.53. The highest BCUT2D eigenvalue weighted by molar-refractivity contribution is 8.14. The standard InChI is InChI=1S/C27H25FN2O2S/c1-27(13-20-15-6-2-4-8-17(15)21(27)12-24(20)31)25(32)30-26-29-23(14-33-26)19-10-11-22(28)18-9-5-3-7-16(18)19/h2-11,20-21,23-24,31H,12-14H2,1H3,(H,29,30,32). The van der Waals surface area contributed by atoms with Crippen molar-refractivity contribution >= 4 is 33.6 Å². The van der Waals surface area contributed by atoms with Crippen molar-refractivity contribution in [3.63, 3.8) is 0 Å². The van der Waals surface area contributed by atoms with Gasteiger partial charge in [-0.3, -0.25) is 9.79 Å². The first-order valence-electron chi connectivity index (χ1n) is 11.4. The number of hydrogen-bond donors (Lipinski definition) is 2. The van der Waals surface area contributed by atoms with Crippen molar-refractivity contribution in [3.8, 4) is 0 Å². The molecule has 5 unspecified atom stereocenters. The number of thioether (sulfide) groups is 1. The first kappa shape index (κ1) is 20.9. The van der Waals surface area contributed by atoms with Crippen LogP contribution in [0.2, 0.25) is 0 Å². The Bertz CT molecular complexity index is 1310. The van der Waals surface area contributed by atoms with Gasteiger partial charge in [-0.2, -0.15) is 0 Å². The molecule has 3 aliphatic carbocycles. The summed E-state index contributed by atoms with van der Waals surface area (Å²) in [6.45, 7) is 2.02. The van der Waals surface area contributed by atoms with E-state index in [4.69, 9.17) is 4.99 Å². The molecular weight excluding hydrogens is 435 g/mol. The Morgan fingerprint density at radius 3 is 2.61 bits per heavy atom. The van der Waals surface area contributed by atoms with E-state index in [1.165, 1.54) is 29.0 Å². The molecule has 0 spiro atoms. The highest BCUT2D eigenvalue weighted by Gasteiger charge is 2.54. The summed E-state index contributed by atoms with van der Waals surface area (Å²) >= 11 is 1.53. The van der Waals surface area contributed by atoms with E-state index >= 15 is 0 Å². The van der Waals surface area contributed by atoms with Crippen molar-refractivity contribution < 1.29 is 14.3 Å². The van der Waals surface area contributed by atoms with E-state index in [9.17, 15) is 14.3 Å². The molecule has 7 rings (SSSR count). The maximum Gasteiger partial charge on any atom is 0.232 e. The largest absolute Gasteiger partial charge is 0.392 e. The molecule has 4 aliphatic rings. The van der Waals surface area contributed by atoms with Gasteiger partial charge in [0.25, 0.3) is 0 Å². The number of amidine groups is 1. The van der Waals surface area contributed by atoms with Gasteiger partial charge < -0.3 is 10.4 Å². The van der Waals surface area contributed by atoms with Crippen molar-refractivity contribution in [2.75, 3.05) is 5.75 Å². The van der Waals surface area contributed by atoms with Crippen LogP contribution in [0.4, 0.5) is 4.39 Å². The molecule has 1 aliphatic heterocycles. The number of carbonyl (C=O) groups is 1. The highest BCUT2D eigenvalue weighted by Crippen LogP contribution is 2.58. The van der Waals surface area contributed by atoms with E-state index in [0.717, 1.165) is 10.9 Å². The van der Waals surface area contributed by atoms with Crippen molar-refractivity contribution in [2.24, 2.45) is 10.4 Å². The molecule has 0 aromatic heterocycles. The number of benzene rings is 3. The summed E-state index contributed by atoms with van der Waals surface area (Å²) in [4.78, 5) is 18.3. The van der Waals surface area contributed by atoms with E-state index in [2.05, 4.69) is 17.4 Å². The second kappa shape index (κ2) is 7.67. The van der Waals surface area contributed by atoms with Crippen molar-refractivity contribution in [3.05, 3.63) is 83.2 Å². The molecule has 1 saturated carbocycles. The van der Waals surface area contributed by atoms with Gasteiger partial charge in [-0.25, -0.2) is 4.39 Å². The molecule has 1 fully saturated rings. The molecule has 2 bridgehead atoms. The second-order valence-electron chi connectivity index (χ2n) is 9.61. The van der Waals surface area contributed by atoms with Gasteiger partial charge in [-0.1, -0.05) is 73.3 Å². The van der Waals surface area contributed by atoms with E-state index in [-0.39, 0.29) is 29.6 Å². The lowest BCUT2D eigenvalue weighted by Crippen LogP contribution is -2.53.